The maximum Gasteiger partial charge on any atom is 0.407 e. The maximum absolute atomic E-state index is 12.6. The van der Waals surface area contributed by atoms with E-state index in [9.17, 15) is 14.7 Å². The van der Waals surface area contributed by atoms with Gasteiger partial charge in [-0.3, -0.25) is 0 Å². The van der Waals surface area contributed by atoms with Gasteiger partial charge in [-0.05, 0) is 29.2 Å². The second-order valence-electron chi connectivity index (χ2n) is 9.25. The van der Waals surface area contributed by atoms with Gasteiger partial charge in [0.25, 0.3) is 0 Å². The van der Waals surface area contributed by atoms with Crippen molar-refractivity contribution in [2.75, 3.05) is 34.3 Å². The summed E-state index contributed by atoms with van der Waals surface area (Å²) in [4.78, 5) is 24.5. The molecule has 1 aliphatic rings. The molecule has 2 N–H and O–H groups in total. The van der Waals surface area contributed by atoms with Gasteiger partial charge in [-0.1, -0.05) is 54.5 Å². The number of aliphatic carboxylic acids is 1. The number of nitrogens with zero attached hydrogens (tertiary/aromatic N) is 1. The van der Waals surface area contributed by atoms with Crippen molar-refractivity contribution in [1.82, 2.24) is 5.32 Å². The van der Waals surface area contributed by atoms with Crippen LogP contribution in [0.3, 0.4) is 0 Å². The van der Waals surface area contributed by atoms with E-state index in [1.807, 2.05) is 57.5 Å². The zero-order chi connectivity index (χ0) is 22.8. The fourth-order valence-corrected chi connectivity index (χ4v) is 4.46. The van der Waals surface area contributed by atoms with Crippen LogP contribution in [0.1, 0.15) is 24.0 Å². The van der Waals surface area contributed by atoms with Gasteiger partial charge < -0.3 is 19.6 Å². The molecule has 2 atom stereocenters. The molecule has 0 heterocycles. The number of amides is 1. The van der Waals surface area contributed by atoms with E-state index in [1.165, 1.54) is 0 Å². The van der Waals surface area contributed by atoms with Gasteiger partial charge in [0.1, 0.15) is 12.0 Å². The third-order valence-electron chi connectivity index (χ3n) is 5.62. The lowest BCUT2D eigenvalue weighted by molar-refractivity contribution is -0.876. The van der Waals surface area contributed by atoms with Gasteiger partial charge in [0, 0.05) is 5.92 Å². The molecule has 0 fully saturated rings. The molecule has 6 nitrogen and oxygen atoms in total. The van der Waals surface area contributed by atoms with Crippen molar-refractivity contribution in [2.24, 2.45) is 5.41 Å². The molecule has 0 aromatic heterocycles. The van der Waals surface area contributed by atoms with Crippen LogP contribution < -0.4 is 5.32 Å². The highest BCUT2D eigenvalue weighted by atomic mass is 16.5. The van der Waals surface area contributed by atoms with Crippen LogP contribution in [0.4, 0.5) is 4.79 Å². The predicted molar refractivity (Wildman–Crippen MR) is 119 cm³/mol. The molecule has 1 aliphatic carbocycles. The first kappa shape index (κ1) is 22.4. The highest BCUT2D eigenvalue weighted by Gasteiger charge is 2.43. The molecule has 2 aromatic rings. The van der Waals surface area contributed by atoms with Crippen molar-refractivity contribution in [2.45, 2.75) is 18.9 Å². The van der Waals surface area contributed by atoms with Crippen molar-refractivity contribution >= 4 is 12.1 Å². The van der Waals surface area contributed by atoms with Crippen molar-refractivity contribution < 1.29 is 23.9 Å². The lowest BCUT2D eigenvalue weighted by Crippen LogP contribution is -2.57. The minimum Gasteiger partial charge on any atom is -0.480 e. The Bertz CT molecular complexity index is 989. The minimum atomic E-state index is -1.27. The topological polar surface area (TPSA) is 75.6 Å². The number of alkyl carbamates (subject to hydrolysis) is 1. The van der Waals surface area contributed by atoms with E-state index in [0.29, 0.717) is 11.0 Å². The molecule has 1 amide bonds. The van der Waals surface area contributed by atoms with Gasteiger partial charge in [-0.2, -0.15) is 0 Å². The number of hydrogen-bond acceptors (Lipinski definition) is 3. The number of carbonyl (C=O) groups is 2. The molecule has 3 rings (SSSR count). The van der Waals surface area contributed by atoms with Crippen LogP contribution in [0.25, 0.3) is 11.1 Å². The summed E-state index contributed by atoms with van der Waals surface area (Å²) >= 11 is 0. The van der Waals surface area contributed by atoms with E-state index in [0.717, 1.165) is 22.3 Å². The Hall–Kier alpha value is -3.30. The average Bonchev–Trinajstić information content (AvgIpc) is 3.03. The molecule has 162 valence electrons. The number of terminal acetylenes is 1. The van der Waals surface area contributed by atoms with Gasteiger partial charge in [0.15, 0.2) is 6.04 Å². The third-order valence-corrected chi connectivity index (χ3v) is 5.62. The third kappa shape index (κ3) is 4.73. The molecule has 2 aromatic carbocycles. The predicted octanol–water partition coefficient (Wildman–Crippen LogP) is 3.32. The molecule has 0 unspecified atom stereocenters. The summed E-state index contributed by atoms with van der Waals surface area (Å²) in [6.45, 7) is 2.14. The highest BCUT2D eigenvalue weighted by molar-refractivity contribution is 5.82. The summed E-state index contributed by atoms with van der Waals surface area (Å²) < 4.78 is 5.96. The van der Waals surface area contributed by atoms with E-state index in [2.05, 4.69) is 23.4 Å². The van der Waals surface area contributed by atoms with Gasteiger partial charge in [0.05, 0.1) is 27.7 Å². The molecule has 0 spiro atoms. The first-order valence-corrected chi connectivity index (χ1v) is 10.2. The summed E-state index contributed by atoms with van der Waals surface area (Å²) in [6, 6.07) is 14.8. The van der Waals surface area contributed by atoms with E-state index in [1.54, 1.807) is 6.92 Å². The second-order valence-corrected chi connectivity index (χ2v) is 9.25. The minimum absolute atomic E-state index is 0.105. The molecular weight excluding hydrogens is 392 g/mol. The number of ether oxygens (including phenoxy) is 1. The summed E-state index contributed by atoms with van der Waals surface area (Å²) in [5, 5.41) is 12.2. The second kappa shape index (κ2) is 8.44. The zero-order valence-corrected chi connectivity index (χ0v) is 18.4. The Labute approximate surface area is 183 Å². The molecular formula is C25H29N2O4+. The largest absolute Gasteiger partial charge is 0.480 e. The Morgan fingerprint density at radius 2 is 1.65 bits per heavy atom. The molecule has 0 saturated carbocycles. The quantitative estimate of drug-likeness (QED) is 0.531. The average molecular weight is 422 g/mol. The molecule has 0 saturated heterocycles. The molecule has 0 aliphatic heterocycles. The van der Waals surface area contributed by atoms with E-state index < -0.39 is 23.5 Å². The zero-order valence-electron chi connectivity index (χ0n) is 18.4. The van der Waals surface area contributed by atoms with Gasteiger partial charge >= 0.3 is 12.1 Å². The standard InChI is InChI=1S/C25H28N2O4/c1-6-25(2,16-27(3,4)5)22(23(28)29)26-24(30)31-15-21-19-13-9-7-11-17(19)18-12-8-10-14-20(18)21/h1,7-14,21-22H,15-16H2,2-5H3,(H-,26,28,29,30)/p+1/t22-,25+/m0/s1. The van der Waals surface area contributed by atoms with Crippen LogP contribution in [0, 0.1) is 17.8 Å². The van der Waals surface area contributed by atoms with E-state index in [4.69, 9.17) is 11.2 Å². The monoisotopic (exact) mass is 421 g/mol. The summed E-state index contributed by atoms with van der Waals surface area (Å²) in [6.07, 6.45) is 4.90. The number of carbonyl (C=O) groups excluding carboxylic acids is 1. The Morgan fingerprint density at radius 1 is 1.13 bits per heavy atom. The molecule has 0 radical (unpaired) electrons. The summed E-state index contributed by atoms with van der Waals surface area (Å²) in [7, 11) is 5.76. The number of fused-ring (bicyclic) bond motifs is 3. The number of hydrogen-bond donors (Lipinski definition) is 2. The fourth-order valence-electron chi connectivity index (χ4n) is 4.46. The number of carboxylic acid groups (broad SMARTS) is 1. The SMILES string of the molecule is C#C[C@](C)(C[N+](C)(C)C)[C@@H](NC(=O)OCC1c2ccccc2-c2ccccc21)C(=O)O. The van der Waals surface area contributed by atoms with Gasteiger partial charge in [0.2, 0.25) is 0 Å². The normalized spacial score (nSPS) is 15.7. The van der Waals surface area contributed by atoms with E-state index >= 15 is 0 Å². The van der Waals surface area contributed by atoms with Crippen LogP contribution in [-0.2, 0) is 9.53 Å². The summed E-state index contributed by atoms with van der Waals surface area (Å²) in [5.74, 6) is 1.28. The van der Waals surface area contributed by atoms with Crippen LogP contribution in [0.2, 0.25) is 0 Å². The number of carboxylic acids is 1. The molecule has 0 bridgehead atoms. The van der Waals surface area contributed by atoms with Crippen LogP contribution in [-0.4, -0.2) is 62.0 Å². The summed E-state index contributed by atoms with van der Waals surface area (Å²) in [5.41, 5.74) is 3.33. The first-order chi connectivity index (χ1) is 14.6. The van der Waals surface area contributed by atoms with Crippen LogP contribution in [0.15, 0.2) is 48.5 Å². The lowest BCUT2D eigenvalue weighted by atomic mass is 9.82. The van der Waals surface area contributed by atoms with Gasteiger partial charge in [-0.25, -0.2) is 9.59 Å². The Balaban J connectivity index is 1.75. The number of quaternary nitrogens is 1. The smallest absolute Gasteiger partial charge is 0.407 e. The Morgan fingerprint density at radius 3 is 2.10 bits per heavy atom. The van der Waals surface area contributed by atoms with Crippen molar-refractivity contribution in [3.63, 3.8) is 0 Å². The lowest BCUT2D eigenvalue weighted by Gasteiger charge is -2.36. The van der Waals surface area contributed by atoms with Crippen molar-refractivity contribution in [3.05, 3.63) is 59.7 Å². The van der Waals surface area contributed by atoms with Crippen LogP contribution >= 0.6 is 0 Å². The van der Waals surface area contributed by atoms with Crippen LogP contribution in [0.5, 0.6) is 0 Å². The van der Waals surface area contributed by atoms with Crippen molar-refractivity contribution in [3.8, 4) is 23.5 Å². The van der Waals surface area contributed by atoms with Gasteiger partial charge in [-0.15, -0.1) is 6.42 Å². The maximum atomic E-state index is 12.6. The van der Waals surface area contributed by atoms with E-state index in [-0.39, 0.29) is 12.5 Å². The Kier molecular flexibility index (Phi) is 6.10. The number of nitrogens with one attached hydrogen (secondary N) is 1. The van der Waals surface area contributed by atoms with Crippen molar-refractivity contribution in [1.29, 1.82) is 0 Å². The molecule has 31 heavy (non-hydrogen) atoms. The highest BCUT2D eigenvalue weighted by Crippen LogP contribution is 2.44. The fraction of sp³-hybridized carbons (Fsp3) is 0.360. The first-order valence-electron chi connectivity index (χ1n) is 10.2. The molecule has 6 heteroatoms. The number of rotatable bonds is 7. The number of benzene rings is 2.